The first-order chi connectivity index (χ1) is 4.71. The third-order valence-corrected chi connectivity index (χ3v) is 1.08. The molecular weight excluding hydrogens is 144 g/mol. The monoisotopic (exact) mass is 171 g/mol. The maximum atomic E-state index is 3.23. The van der Waals surface area contributed by atoms with Gasteiger partial charge in [-0.1, -0.05) is 34.1 Å². The van der Waals surface area contributed by atoms with Crippen molar-refractivity contribution < 1.29 is 1.43 Å². The van der Waals surface area contributed by atoms with Crippen LogP contribution in [0.25, 0.3) is 0 Å². The van der Waals surface area contributed by atoms with E-state index >= 15 is 0 Å². The van der Waals surface area contributed by atoms with Crippen molar-refractivity contribution in [3.8, 4) is 11.8 Å². The van der Waals surface area contributed by atoms with Crippen LogP contribution in [0.3, 0.4) is 0 Å². The third-order valence-electron chi connectivity index (χ3n) is 1.08. The molecule has 0 aromatic rings. The summed E-state index contributed by atoms with van der Waals surface area (Å²) in [6.45, 7) is 13.1. The maximum Gasteiger partial charge on any atom is 0.0230 e. The summed E-state index contributed by atoms with van der Waals surface area (Å²) < 4.78 is 0. The fourth-order valence-electron chi connectivity index (χ4n) is 0.575. The lowest BCUT2D eigenvalue weighted by molar-refractivity contribution is 0.426. The molecule has 0 saturated carbocycles. The van der Waals surface area contributed by atoms with Gasteiger partial charge < -0.3 is 0 Å². The first-order valence-electron chi connectivity index (χ1n) is 4.21. The van der Waals surface area contributed by atoms with Gasteiger partial charge in [0.05, 0.1) is 0 Å². The SMILES string of the molecule is C.CC(C)(C)C#CCC(C)(C)C.[2HH]. The molecule has 0 heterocycles. The average molecular weight is 171 g/mol. The lowest BCUT2D eigenvalue weighted by Gasteiger charge is -2.14. The van der Waals surface area contributed by atoms with Gasteiger partial charge in [0.15, 0.2) is 0 Å². The largest absolute Gasteiger partial charge is 0.102 e. The molecule has 0 spiro atoms. The molecular formula is C12H26. The molecule has 0 unspecified atom stereocenters. The lowest BCUT2D eigenvalue weighted by atomic mass is 9.91. The Morgan fingerprint density at radius 2 is 1.42 bits per heavy atom. The Kier molecular flexibility index (Phi) is 5.35. The van der Waals surface area contributed by atoms with Gasteiger partial charge in [-0.3, -0.25) is 0 Å². The standard InChI is InChI=1S/C11H20.CH4.H2/c1-10(2,3)8-7-9-11(4,5)6;;/h8H2,1-6H3;1H4;1H/i;;1+1. The number of hydrogen-bond acceptors (Lipinski definition) is 0. The van der Waals surface area contributed by atoms with Gasteiger partial charge in [-0.15, -0.1) is 5.92 Å². The molecule has 0 bridgehead atoms. The van der Waals surface area contributed by atoms with Gasteiger partial charge in [-0.05, 0) is 26.2 Å². The van der Waals surface area contributed by atoms with Gasteiger partial charge >= 0.3 is 0 Å². The van der Waals surface area contributed by atoms with Crippen LogP contribution in [0.2, 0.25) is 0 Å². The van der Waals surface area contributed by atoms with E-state index < -0.39 is 0 Å². The Hall–Kier alpha value is -0.440. The molecule has 0 aliphatic carbocycles. The first-order valence-corrected chi connectivity index (χ1v) is 4.21. The van der Waals surface area contributed by atoms with Crippen LogP contribution in [-0.2, 0) is 0 Å². The predicted molar refractivity (Wildman–Crippen MR) is 60.1 cm³/mol. The summed E-state index contributed by atoms with van der Waals surface area (Å²) in [6, 6.07) is 0. The fraction of sp³-hybridized carbons (Fsp3) is 0.833. The van der Waals surface area contributed by atoms with E-state index in [0.29, 0.717) is 5.41 Å². The summed E-state index contributed by atoms with van der Waals surface area (Å²) in [4.78, 5) is 0. The molecule has 0 aliphatic heterocycles. The highest BCUT2D eigenvalue weighted by Crippen LogP contribution is 2.18. The Morgan fingerprint density at radius 1 is 1.00 bits per heavy atom. The minimum absolute atomic E-state index is 0. The van der Waals surface area contributed by atoms with Crippen LogP contribution in [-0.4, -0.2) is 0 Å². The third kappa shape index (κ3) is 12.3. The van der Waals surface area contributed by atoms with Gasteiger partial charge in [0, 0.05) is 13.3 Å². The van der Waals surface area contributed by atoms with Gasteiger partial charge in [0.1, 0.15) is 0 Å². The van der Waals surface area contributed by atoms with E-state index in [1.807, 2.05) is 0 Å². The molecule has 0 atom stereocenters. The van der Waals surface area contributed by atoms with Crippen molar-refractivity contribution >= 4 is 0 Å². The van der Waals surface area contributed by atoms with Gasteiger partial charge in [0.25, 0.3) is 0 Å². The van der Waals surface area contributed by atoms with Gasteiger partial charge in [0.2, 0.25) is 0 Å². The topological polar surface area (TPSA) is 0 Å². The molecule has 74 valence electrons. The summed E-state index contributed by atoms with van der Waals surface area (Å²) in [5, 5.41) is 0. The minimum atomic E-state index is 0. The van der Waals surface area contributed by atoms with Gasteiger partial charge in [-0.25, -0.2) is 0 Å². The quantitative estimate of drug-likeness (QED) is 0.475. The fourth-order valence-corrected chi connectivity index (χ4v) is 0.575. The number of rotatable bonds is 0. The molecule has 0 heteroatoms. The van der Waals surface area contributed by atoms with E-state index in [0.717, 1.165) is 6.42 Å². The first kappa shape index (κ1) is 14.1. The van der Waals surface area contributed by atoms with E-state index in [2.05, 4.69) is 53.4 Å². The van der Waals surface area contributed by atoms with E-state index in [-0.39, 0.29) is 14.3 Å². The van der Waals surface area contributed by atoms with E-state index in [1.54, 1.807) is 0 Å². The summed E-state index contributed by atoms with van der Waals surface area (Å²) in [5.41, 5.74) is 0.503. The molecule has 0 radical (unpaired) electrons. The van der Waals surface area contributed by atoms with Gasteiger partial charge in [-0.2, -0.15) is 0 Å². The van der Waals surface area contributed by atoms with Crippen LogP contribution in [0.1, 0.15) is 56.8 Å². The summed E-state index contributed by atoms with van der Waals surface area (Å²) in [6.07, 6.45) is 0.990. The number of hydrogen-bond donors (Lipinski definition) is 0. The van der Waals surface area contributed by atoms with Crippen molar-refractivity contribution in [2.24, 2.45) is 10.8 Å². The highest BCUT2D eigenvalue weighted by molar-refractivity contribution is 5.08. The summed E-state index contributed by atoms with van der Waals surface area (Å²) in [7, 11) is 0. The molecule has 12 heavy (non-hydrogen) atoms. The Labute approximate surface area is 80.2 Å². The van der Waals surface area contributed by atoms with Crippen LogP contribution in [0, 0.1) is 22.7 Å². The van der Waals surface area contributed by atoms with E-state index in [4.69, 9.17) is 0 Å². The summed E-state index contributed by atoms with van der Waals surface area (Å²) >= 11 is 0. The molecule has 0 N–H and O–H groups in total. The molecule has 0 aromatic carbocycles. The van der Waals surface area contributed by atoms with Crippen molar-refractivity contribution in [3.05, 3.63) is 0 Å². The van der Waals surface area contributed by atoms with Crippen molar-refractivity contribution in [2.45, 2.75) is 55.4 Å². The minimum Gasteiger partial charge on any atom is -0.102 e. The Bertz CT molecular complexity index is 168. The summed E-state index contributed by atoms with van der Waals surface area (Å²) in [5.74, 6) is 6.44. The van der Waals surface area contributed by atoms with Crippen LogP contribution in [0.5, 0.6) is 0 Å². The predicted octanol–water partition coefficient (Wildman–Crippen LogP) is 4.35. The average Bonchev–Trinajstić information content (AvgIpc) is 1.55. The van der Waals surface area contributed by atoms with Crippen molar-refractivity contribution in [1.29, 1.82) is 0 Å². The van der Waals surface area contributed by atoms with Crippen LogP contribution < -0.4 is 0 Å². The molecule has 0 saturated heterocycles. The molecule has 0 amide bonds. The highest BCUT2D eigenvalue weighted by atomic mass is 14.1. The molecule has 0 nitrogen and oxygen atoms in total. The zero-order valence-corrected chi connectivity index (χ0v) is 8.71. The second-order valence-electron chi connectivity index (χ2n) is 5.29. The lowest BCUT2D eigenvalue weighted by Crippen LogP contribution is -2.04. The molecule has 0 fully saturated rings. The second-order valence-corrected chi connectivity index (χ2v) is 5.29. The highest BCUT2D eigenvalue weighted by Gasteiger charge is 2.08. The molecule has 0 aromatic heterocycles. The Balaban J connectivity index is -0.000000500. The maximum absolute atomic E-state index is 3.23. The van der Waals surface area contributed by atoms with Crippen LogP contribution in [0.4, 0.5) is 0 Å². The van der Waals surface area contributed by atoms with Crippen molar-refractivity contribution in [3.63, 3.8) is 0 Å². The van der Waals surface area contributed by atoms with E-state index in [9.17, 15) is 0 Å². The molecule has 0 rings (SSSR count). The normalized spacial score (nSPS) is 11.2. The van der Waals surface area contributed by atoms with Crippen molar-refractivity contribution in [2.75, 3.05) is 0 Å². The second kappa shape index (κ2) is 4.55. The zero-order chi connectivity index (χ0) is 9.12. The Morgan fingerprint density at radius 3 is 1.67 bits per heavy atom. The van der Waals surface area contributed by atoms with Crippen LogP contribution >= 0.6 is 0 Å². The van der Waals surface area contributed by atoms with Crippen LogP contribution in [0.15, 0.2) is 0 Å². The zero-order valence-electron chi connectivity index (χ0n) is 8.71. The van der Waals surface area contributed by atoms with Crippen molar-refractivity contribution in [1.82, 2.24) is 0 Å². The smallest absolute Gasteiger partial charge is 0.0230 e. The van der Waals surface area contributed by atoms with E-state index in [1.165, 1.54) is 0 Å². The molecule has 0 aliphatic rings.